The molecule has 3 nitrogen and oxygen atoms in total. The van der Waals surface area contributed by atoms with E-state index in [1.54, 1.807) is 0 Å². The summed E-state index contributed by atoms with van der Waals surface area (Å²) in [7, 11) is 0. The minimum atomic E-state index is -0.368. The summed E-state index contributed by atoms with van der Waals surface area (Å²) in [5.74, 6) is 0.926. The lowest BCUT2D eigenvalue weighted by Crippen LogP contribution is -3.14. The first-order valence-electron chi connectivity index (χ1n) is 7.37. The third kappa shape index (κ3) is 4.22. The maximum Gasteiger partial charge on any atom is 0.137 e. The van der Waals surface area contributed by atoms with Crippen LogP contribution in [-0.2, 0) is 0 Å². The molecule has 1 aliphatic heterocycles. The third-order valence-electron chi connectivity index (χ3n) is 3.91. The van der Waals surface area contributed by atoms with Gasteiger partial charge in [-0.05, 0) is 44.2 Å². The van der Waals surface area contributed by atoms with Crippen molar-refractivity contribution in [1.29, 1.82) is 0 Å². The van der Waals surface area contributed by atoms with Gasteiger partial charge in [0.2, 0.25) is 0 Å². The van der Waals surface area contributed by atoms with E-state index in [-0.39, 0.29) is 6.10 Å². The molecule has 1 heterocycles. The number of nitrogens with one attached hydrogen (secondary N) is 1. The van der Waals surface area contributed by atoms with Gasteiger partial charge in [-0.3, -0.25) is 0 Å². The van der Waals surface area contributed by atoms with Crippen molar-refractivity contribution < 1.29 is 14.7 Å². The second-order valence-electron chi connectivity index (χ2n) is 5.70. The van der Waals surface area contributed by atoms with Gasteiger partial charge in [0.05, 0.1) is 13.1 Å². The molecule has 2 N–H and O–H groups in total. The number of hydrogen-bond acceptors (Lipinski definition) is 2. The molecule has 106 valence electrons. The fourth-order valence-electron chi connectivity index (χ4n) is 2.85. The van der Waals surface area contributed by atoms with Crippen molar-refractivity contribution in [2.45, 2.75) is 39.2 Å². The second-order valence-corrected chi connectivity index (χ2v) is 5.70. The van der Waals surface area contributed by atoms with Gasteiger partial charge in [0, 0.05) is 0 Å². The van der Waals surface area contributed by atoms with Crippen LogP contribution in [-0.4, -0.2) is 37.5 Å². The highest BCUT2D eigenvalue weighted by Gasteiger charge is 2.18. The average Bonchev–Trinajstić information content (AvgIpc) is 2.39. The fourth-order valence-corrected chi connectivity index (χ4v) is 2.85. The number of aliphatic hydroxyl groups excluding tert-OH is 1. The van der Waals surface area contributed by atoms with E-state index in [0.717, 1.165) is 23.4 Å². The minimum Gasteiger partial charge on any atom is -0.490 e. The first-order valence-corrected chi connectivity index (χ1v) is 7.37. The number of rotatable bonds is 5. The lowest BCUT2D eigenvalue weighted by molar-refractivity contribution is -0.908. The molecule has 2 rings (SSSR count). The van der Waals surface area contributed by atoms with E-state index in [0.29, 0.717) is 6.61 Å². The molecule has 0 unspecified atom stereocenters. The van der Waals surface area contributed by atoms with Crippen LogP contribution < -0.4 is 9.64 Å². The summed E-state index contributed by atoms with van der Waals surface area (Å²) >= 11 is 0. The van der Waals surface area contributed by atoms with Crippen LogP contribution in [0.3, 0.4) is 0 Å². The van der Waals surface area contributed by atoms with Gasteiger partial charge in [0.1, 0.15) is 25.0 Å². The number of benzene rings is 1. The number of aryl methyl sites for hydroxylation is 2. The van der Waals surface area contributed by atoms with E-state index in [1.165, 1.54) is 37.3 Å². The largest absolute Gasteiger partial charge is 0.490 e. The number of ether oxygens (including phenoxy) is 1. The predicted octanol–water partition coefficient (Wildman–Crippen LogP) is 1.11. The van der Waals surface area contributed by atoms with Crippen LogP contribution in [0.25, 0.3) is 0 Å². The molecule has 0 radical (unpaired) electrons. The topological polar surface area (TPSA) is 33.9 Å². The van der Waals surface area contributed by atoms with Crippen LogP contribution in [0.1, 0.15) is 30.4 Å². The SMILES string of the molecule is Cc1cccc(C)c1OC[C@H](O)C[NH+]1CCCCC1. The molecule has 0 bridgehead atoms. The lowest BCUT2D eigenvalue weighted by atomic mass is 10.1. The highest BCUT2D eigenvalue weighted by Crippen LogP contribution is 2.22. The zero-order chi connectivity index (χ0) is 13.7. The molecule has 0 aliphatic carbocycles. The zero-order valence-corrected chi connectivity index (χ0v) is 12.1. The first-order chi connectivity index (χ1) is 9.16. The monoisotopic (exact) mass is 264 g/mol. The molecule has 0 spiro atoms. The summed E-state index contributed by atoms with van der Waals surface area (Å²) in [5, 5.41) is 10.1. The maximum absolute atomic E-state index is 10.1. The summed E-state index contributed by atoms with van der Waals surface area (Å²) in [6, 6.07) is 6.13. The van der Waals surface area contributed by atoms with E-state index < -0.39 is 0 Å². The number of aliphatic hydroxyl groups is 1. The second kappa shape index (κ2) is 6.92. The Hall–Kier alpha value is -1.06. The van der Waals surface area contributed by atoms with Crippen LogP contribution in [0.15, 0.2) is 18.2 Å². The minimum absolute atomic E-state index is 0.368. The van der Waals surface area contributed by atoms with Crippen LogP contribution >= 0.6 is 0 Å². The van der Waals surface area contributed by atoms with Gasteiger partial charge in [0.15, 0.2) is 0 Å². The van der Waals surface area contributed by atoms with Crippen LogP contribution in [0, 0.1) is 13.8 Å². The van der Waals surface area contributed by atoms with Crippen molar-refractivity contribution in [3.8, 4) is 5.75 Å². The number of likely N-dealkylation sites (tertiary alicyclic amines) is 1. The number of quaternary nitrogens is 1. The van der Waals surface area contributed by atoms with E-state index in [2.05, 4.69) is 0 Å². The molecule has 0 aromatic heterocycles. The van der Waals surface area contributed by atoms with Crippen LogP contribution in [0.4, 0.5) is 0 Å². The van der Waals surface area contributed by atoms with Gasteiger partial charge < -0.3 is 14.7 Å². The number of hydrogen-bond donors (Lipinski definition) is 2. The van der Waals surface area contributed by atoms with E-state index in [4.69, 9.17) is 4.74 Å². The highest BCUT2D eigenvalue weighted by atomic mass is 16.5. The maximum atomic E-state index is 10.1. The van der Waals surface area contributed by atoms with Crippen molar-refractivity contribution in [1.82, 2.24) is 0 Å². The molecule has 0 saturated carbocycles. The van der Waals surface area contributed by atoms with Gasteiger partial charge in [-0.25, -0.2) is 0 Å². The predicted molar refractivity (Wildman–Crippen MR) is 76.8 cm³/mol. The Labute approximate surface area is 116 Å². The Kier molecular flexibility index (Phi) is 5.23. The Morgan fingerprint density at radius 2 is 1.79 bits per heavy atom. The first kappa shape index (κ1) is 14.4. The molecule has 1 atom stereocenters. The van der Waals surface area contributed by atoms with Crippen molar-refractivity contribution in [2.24, 2.45) is 0 Å². The summed E-state index contributed by atoms with van der Waals surface area (Å²) in [4.78, 5) is 1.52. The normalized spacial score (nSPS) is 18.3. The van der Waals surface area contributed by atoms with Gasteiger partial charge in [-0.1, -0.05) is 18.2 Å². The summed E-state index contributed by atoms with van der Waals surface area (Å²) in [6.07, 6.45) is 3.56. The van der Waals surface area contributed by atoms with Crippen molar-refractivity contribution in [2.75, 3.05) is 26.2 Å². The van der Waals surface area contributed by atoms with Crippen LogP contribution in [0.2, 0.25) is 0 Å². The zero-order valence-electron chi connectivity index (χ0n) is 12.1. The Bertz CT molecular complexity index is 379. The molecule has 1 aliphatic rings. The molecule has 3 heteroatoms. The van der Waals surface area contributed by atoms with E-state index in [1.807, 2.05) is 32.0 Å². The van der Waals surface area contributed by atoms with Gasteiger partial charge >= 0.3 is 0 Å². The summed E-state index contributed by atoms with van der Waals surface area (Å²) in [6.45, 7) is 7.69. The standard InChI is InChI=1S/C16H25NO2/c1-13-7-6-8-14(2)16(13)19-12-15(18)11-17-9-4-3-5-10-17/h6-8,15,18H,3-5,9-12H2,1-2H3/p+1/t15-/m1/s1. The molecule has 1 aromatic rings. The summed E-state index contributed by atoms with van der Waals surface area (Å²) < 4.78 is 5.81. The number of para-hydroxylation sites is 1. The van der Waals surface area contributed by atoms with E-state index in [9.17, 15) is 5.11 Å². The summed E-state index contributed by atoms with van der Waals surface area (Å²) in [5.41, 5.74) is 2.27. The Morgan fingerprint density at radius 1 is 1.16 bits per heavy atom. The molecule has 1 saturated heterocycles. The van der Waals surface area contributed by atoms with Gasteiger partial charge in [-0.15, -0.1) is 0 Å². The van der Waals surface area contributed by atoms with E-state index >= 15 is 0 Å². The molecular weight excluding hydrogens is 238 g/mol. The third-order valence-corrected chi connectivity index (χ3v) is 3.91. The van der Waals surface area contributed by atoms with Crippen molar-refractivity contribution in [3.05, 3.63) is 29.3 Å². The average molecular weight is 264 g/mol. The van der Waals surface area contributed by atoms with Crippen molar-refractivity contribution >= 4 is 0 Å². The molecule has 1 fully saturated rings. The fraction of sp³-hybridized carbons (Fsp3) is 0.625. The molecular formula is C16H26NO2+. The van der Waals surface area contributed by atoms with Gasteiger partial charge in [0.25, 0.3) is 0 Å². The lowest BCUT2D eigenvalue weighted by Gasteiger charge is -2.25. The molecule has 19 heavy (non-hydrogen) atoms. The van der Waals surface area contributed by atoms with Gasteiger partial charge in [-0.2, -0.15) is 0 Å². The quantitative estimate of drug-likeness (QED) is 0.835. The Balaban J connectivity index is 1.81. The smallest absolute Gasteiger partial charge is 0.137 e. The highest BCUT2D eigenvalue weighted by molar-refractivity contribution is 5.39. The number of piperidine rings is 1. The molecule has 1 aromatic carbocycles. The molecule has 0 amide bonds. The van der Waals surface area contributed by atoms with Crippen molar-refractivity contribution in [3.63, 3.8) is 0 Å². The van der Waals surface area contributed by atoms with Crippen LogP contribution in [0.5, 0.6) is 5.75 Å². The Morgan fingerprint density at radius 3 is 2.42 bits per heavy atom.